The van der Waals surface area contributed by atoms with E-state index in [0.29, 0.717) is 0 Å². The van der Waals surface area contributed by atoms with E-state index in [-0.39, 0.29) is 0 Å². The molecule has 0 atom stereocenters. The zero-order valence-electron chi connectivity index (χ0n) is 11.8. The van der Waals surface area contributed by atoms with Gasteiger partial charge in [-0.3, -0.25) is 0 Å². The van der Waals surface area contributed by atoms with Gasteiger partial charge in [0.1, 0.15) is 6.33 Å². The highest BCUT2D eigenvalue weighted by atomic mass is 32.2. The van der Waals surface area contributed by atoms with Gasteiger partial charge in [-0.1, -0.05) is 36.0 Å². The number of nitrogens with zero attached hydrogens (tertiary/aromatic N) is 4. The van der Waals surface area contributed by atoms with Gasteiger partial charge in [-0.2, -0.15) is 5.26 Å². The Morgan fingerprint density at radius 1 is 1.23 bits per heavy atom. The van der Waals surface area contributed by atoms with Gasteiger partial charge in [-0.15, -0.1) is 21.5 Å². The summed E-state index contributed by atoms with van der Waals surface area (Å²) in [6.45, 7) is 0.871. The molecule has 6 heteroatoms. The number of hydrogen-bond donors (Lipinski definition) is 0. The largest absolute Gasteiger partial charge is 0.308 e. The summed E-state index contributed by atoms with van der Waals surface area (Å²) in [6, 6.07) is 14.1. The fourth-order valence-corrected chi connectivity index (χ4v) is 3.74. The number of benzene rings is 1. The summed E-state index contributed by atoms with van der Waals surface area (Å²) >= 11 is 3.38. The van der Waals surface area contributed by atoms with E-state index < -0.39 is 0 Å². The Hall–Kier alpha value is -2.10. The molecule has 0 aliphatic carbocycles. The minimum Gasteiger partial charge on any atom is -0.308 e. The molecule has 0 aliphatic heterocycles. The van der Waals surface area contributed by atoms with Crippen molar-refractivity contribution in [2.45, 2.75) is 23.9 Å². The number of hydrogen-bond acceptors (Lipinski definition) is 5. The number of aryl methyl sites for hydroxylation is 2. The van der Waals surface area contributed by atoms with Gasteiger partial charge in [-0.05, 0) is 29.5 Å². The molecule has 0 amide bonds. The lowest BCUT2D eigenvalue weighted by Crippen LogP contribution is -2.01. The molecule has 0 saturated heterocycles. The van der Waals surface area contributed by atoms with Gasteiger partial charge in [0.25, 0.3) is 0 Å². The summed E-state index contributed by atoms with van der Waals surface area (Å²) in [4.78, 5) is 1.36. The first-order valence-corrected chi connectivity index (χ1v) is 8.74. The van der Waals surface area contributed by atoms with Crippen LogP contribution >= 0.6 is 23.1 Å². The summed E-state index contributed by atoms with van der Waals surface area (Å²) in [5, 5.41) is 20.3. The van der Waals surface area contributed by atoms with Gasteiger partial charge in [0.05, 0.1) is 11.6 Å². The predicted octanol–water partition coefficient (Wildman–Crippen LogP) is 3.75. The normalized spacial score (nSPS) is 10.5. The molecule has 2 aromatic heterocycles. The maximum absolute atomic E-state index is 9.13. The van der Waals surface area contributed by atoms with Gasteiger partial charge in [-0.25, -0.2) is 0 Å². The Morgan fingerprint density at radius 2 is 2.14 bits per heavy atom. The van der Waals surface area contributed by atoms with Crippen molar-refractivity contribution >= 4 is 23.1 Å². The highest BCUT2D eigenvalue weighted by Crippen LogP contribution is 2.23. The number of rotatable bonds is 6. The zero-order valence-corrected chi connectivity index (χ0v) is 13.5. The monoisotopic (exact) mass is 326 g/mol. The average Bonchev–Trinajstić information content (AvgIpc) is 3.22. The van der Waals surface area contributed by atoms with Crippen LogP contribution in [0, 0.1) is 11.3 Å². The lowest BCUT2D eigenvalue weighted by atomic mass is 10.1. The average molecular weight is 326 g/mol. The molecule has 0 N–H and O–H groups in total. The maximum atomic E-state index is 9.13. The molecule has 3 aromatic rings. The van der Waals surface area contributed by atoms with Crippen LogP contribution in [-0.4, -0.2) is 14.8 Å². The van der Waals surface area contributed by atoms with E-state index in [2.05, 4.69) is 38.3 Å². The maximum Gasteiger partial charge on any atom is 0.191 e. The lowest BCUT2D eigenvalue weighted by Gasteiger charge is -2.06. The summed E-state index contributed by atoms with van der Waals surface area (Å²) < 4.78 is 2.07. The van der Waals surface area contributed by atoms with Crippen molar-refractivity contribution in [1.82, 2.24) is 14.8 Å². The Morgan fingerprint density at radius 3 is 2.95 bits per heavy atom. The number of nitriles is 1. The summed E-state index contributed by atoms with van der Waals surface area (Å²) in [5.74, 6) is 0.724. The Balaban J connectivity index is 1.64. The third-order valence-electron chi connectivity index (χ3n) is 3.25. The summed E-state index contributed by atoms with van der Waals surface area (Å²) in [6.07, 6.45) is 2.75. The van der Waals surface area contributed by atoms with Crippen LogP contribution in [0.15, 0.2) is 53.3 Å². The van der Waals surface area contributed by atoms with Crippen LogP contribution in [0.4, 0.5) is 0 Å². The van der Waals surface area contributed by atoms with E-state index in [1.807, 2.05) is 24.3 Å². The molecule has 110 valence electrons. The third-order valence-corrected chi connectivity index (χ3v) is 5.22. The highest BCUT2D eigenvalue weighted by molar-refractivity contribution is 7.98. The van der Waals surface area contributed by atoms with Crippen molar-refractivity contribution in [3.63, 3.8) is 0 Å². The van der Waals surface area contributed by atoms with Crippen LogP contribution in [0.3, 0.4) is 0 Å². The van der Waals surface area contributed by atoms with E-state index in [4.69, 9.17) is 5.26 Å². The van der Waals surface area contributed by atoms with Crippen LogP contribution in [0.2, 0.25) is 0 Å². The summed E-state index contributed by atoms with van der Waals surface area (Å²) in [7, 11) is 0. The molecule has 0 fully saturated rings. The second-order valence-corrected chi connectivity index (χ2v) is 6.67. The fourth-order valence-electron chi connectivity index (χ4n) is 2.09. The molecule has 0 saturated carbocycles. The van der Waals surface area contributed by atoms with E-state index in [1.165, 1.54) is 4.88 Å². The van der Waals surface area contributed by atoms with Crippen molar-refractivity contribution in [2.24, 2.45) is 0 Å². The zero-order chi connectivity index (χ0) is 15.2. The Bertz CT molecular complexity index is 772. The molecule has 3 rings (SSSR count). The van der Waals surface area contributed by atoms with Gasteiger partial charge < -0.3 is 4.57 Å². The quantitative estimate of drug-likeness (QED) is 0.647. The van der Waals surface area contributed by atoms with Gasteiger partial charge in [0.2, 0.25) is 0 Å². The minimum absolute atomic E-state index is 0.722. The third kappa shape index (κ3) is 3.56. The van der Waals surface area contributed by atoms with Crippen LogP contribution < -0.4 is 0 Å². The number of thiophene rings is 1. The van der Waals surface area contributed by atoms with Crippen molar-refractivity contribution in [3.05, 3.63) is 64.1 Å². The van der Waals surface area contributed by atoms with Gasteiger partial charge in [0.15, 0.2) is 5.16 Å². The number of aromatic nitrogens is 3. The lowest BCUT2D eigenvalue weighted by molar-refractivity contribution is 0.637. The Labute approximate surface area is 137 Å². The highest BCUT2D eigenvalue weighted by Gasteiger charge is 2.08. The minimum atomic E-state index is 0.722. The smallest absolute Gasteiger partial charge is 0.191 e. The molecule has 22 heavy (non-hydrogen) atoms. The van der Waals surface area contributed by atoms with Crippen molar-refractivity contribution in [1.29, 1.82) is 5.26 Å². The molecule has 0 unspecified atom stereocenters. The second-order valence-electron chi connectivity index (χ2n) is 4.69. The second kappa shape index (κ2) is 7.25. The molecule has 0 aliphatic rings. The van der Waals surface area contributed by atoms with E-state index in [9.17, 15) is 0 Å². The fraction of sp³-hybridized carbons (Fsp3) is 0.188. The molecular formula is C16H14N4S2. The molecular weight excluding hydrogens is 312 g/mol. The van der Waals surface area contributed by atoms with E-state index in [1.54, 1.807) is 29.4 Å². The predicted molar refractivity (Wildman–Crippen MR) is 88.8 cm³/mol. The standard InChI is InChI=1S/C16H14N4S2/c17-10-13-4-1-2-5-14(13)11-22-16-19-18-12-20(16)8-7-15-6-3-9-21-15/h1-6,9,12H,7-8,11H2. The van der Waals surface area contributed by atoms with Gasteiger partial charge in [0, 0.05) is 17.2 Å². The van der Waals surface area contributed by atoms with Crippen LogP contribution in [0.25, 0.3) is 0 Å². The van der Waals surface area contributed by atoms with Crippen molar-refractivity contribution in [3.8, 4) is 6.07 Å². The SMILES string of the molecule is N#Cc1ccccc1CSc1nncn1CCc1cccs1. The summed E-state index contributed by atoms with van der Waals surface area (Å²) in [5.41, 5.74) is 1.75. The first kappa shape index (κ1) is 14.8. The van der Waals surface area contributed by atoms with E-state index in [0.717, 1.165) is 35.0 Å². The molecule has 0 spiro atoms. The molecule has 4 nitrogen and oxygen atoms in total. The van der Waals surface area contributed by atoms with E-state index >= 15 is 0 Å². The number of thioether (sulfide) groups is 1. The van der Waals surface area contributed by atoms with Crippen LogP contribution in [-0.2, 0) is 18.7 Å². The molecule has 0 bridgehead atoms. The first-order chi connectivity index (χ1) is 10.9. The van der Waals surface area contributed by atoms with Gasteiger partial charge >= 0.3 is 0 Å². The first-order valence-electron chi connectivity index (χ1n) is 6.88. The Kier molecular flexibility index (Phi) is 4.88. The van der Waals surface area contributed by atoms with Crippen LogP contribution in [0.1, 0.15) is 16.0 Å². The topological polar surface area (TPSA) is 54.5 Å². The van der Waals surface area contributed by atoms with Crippen molar-refractivity contribution in [2.75, 3.05) is 0 Å². The molecule has 0 radical (unpaired) electrons. The molecule has 2 heterocycles. The molecule has 1 aromatic carbocycles. The van der Waals surface area contributed by atoms with Crippen molar-refractivity contribution < 1.29 is 0 Å². The van der Waals surface area contributed by atoms with Crippen LogP contribution in [0.5, 0.6) is 0 Å².